The van der Waals surface area contributed by atoms with Crippen LogP contribution >= 0.6 is 0 Å². The molecule has 0 spiro atoms. The van der Waals surface area contributed by atoms with E-state index in [1.165, 1.54) is 17.3 Å². The number of piperidine rings is 1. The summed E-state index contributed by atoms with van der Waals surface area (Å²) < 4.78 is 61.8. The number of carbonyl (C=O) groups is 1. The second-order valence-corrected chi connectivity index (χ2v) is 14.8. The second kappa shape index (κ2) is 15.3. The van der Waals surface area contributed by atoms with Crippen LogP contribution in [0.1, 0.15) is 58.9 Å². The Bertz CT molecular complexity index is 1950. The van der Waals surface area contributed by atoms with Gasteiger partial charge in [-0.2, -0.15) is 23.5 Å². The van der Waals surface area contributed by atoms with Crippen LogP contribution in [-0.4, -0.2) is 97.9 Å². The van der Waals surface area contributed by atoms with Gasteiger partial charge < -0.3 is 15.4 Å². The Morgan fingerprint density at radius 3 is 2.42 bits per heavy atom. The quantitative estimate of drug-likeness (QED) is 0.165. The molecular weight excluding hydrogens is 690 g/mol. The molecule has 2 aromatic carbocycles. The van der Waals surface area contributed by atoms with Crippen molar-refractivity contribution >= 4 is 22.8 Å². The van der Waals surface area contributed by atoms with Gasteiger partial charge in [0.15, 0.2) is 5.65 Å². The average molecular weight is 736 g/mol. The molecule has 6 rings (SSSR count). The molecule has 11 nitrogen and oxygen atoms in total. The summed E-state index contributed by atoms with van der Waals surface area (Å²) in [7, 11) is 0. The molecule has 2 saturated heterocycles. The summed E-state index contributed by atoms with van der Waals surface area (Å²) in [6.45, 7) is 7.35. The maximum Gasteiger partial charge on any atom is 0.401 e. The summed E-state index contributed by atoms with van der Waals surface area (Å²) in [6, 6.07) is 15.5. The first-order chi connectivity index (χ1) is 25.2. The van der Waals surface area contributed by atoms with Crippen LogP contribution < -0.4 is 10.5 Å². The molecule has 2 atom stereocenters. The predicted octanol–water partition coefficient (Wildman–Crippen LogP) is 6.83. The third-order valence-corrected chi connectivity index (χ3v) is 10.5. The molecule has 53 heavy (non-hydrogen) atoms. The number of ether oxygens (including phenoxy) is 1. The van der Waals surface area contributed by atoms with E-state index in [1.54, 1.807) is 40.8 Å². The van der Waals surface area contributed by atoms with Crippen LogP contribution in [0.2, 0.25) is 0 Å². The zero-order valence-electron chi connectivity index (χ0n) is 30.2. The van der Waals surface area contributed by atoms with E-state index in [0.29, 0.717) is 87.4 Å². The van der Waals surface area contributed by atoms with Crippen molar-refractivity contribution in [1.29, 1.82) is 5.26 Å². The van der Waals surface area contributed by atoms with Crippen LogP contribution in [0.15, 0.2) is 54.9 Å². The van der Waals surface area contributed by atoms with Crippen molar-refractivity contribution < 1.29 is 27.1 Å². The number of amides is 1. The number of anilines is 1. The van der Waals surface area contributed by atoms with E-state index in [2.05, 4.69) is 34.8 Å². The van der Waals surface area contributed by atoms with Gasteiger partial charge in [-0.3, -0.25) is 14.6 Å². The Morgan fingerprint density at radius 1 is 1.00 bits per heavy atom. The van der Waals surface area contributed by atoms with Gasteiger partial charge in [-0.25, -0.2) is 19.0 Å². The number of likely N-dealkylation sites (tertiary alicyclic amines) is 1. The molecule has 2 N–H and O–H groups in total. The van der Waals surface area contributed by atoms with Gasteiger partial charge in [0.2, 0.25) is 5.91 Å². The molecule has 2 aromatic heterocycles. The number of para-hydroxylation sites is 1. The van der Waals surface area contributed by atoms with Gasteiger partial charge >= 0.3 is 6.18 Å². The molecule has 2 aliphatic rings. The standard InChI is InChI=1S/C38H45F4N9O2/c1-36(2,50-19-17-48(18-20-50)24-38(40,41)42)14-8-15-37(3,23-43)35(52)49-16-7-9-26(22-49)51-34-31(33(44)45-25-46-34)32(47-51)29-13-12-28(21-30(29)39)53-27-10-5-4-6-11-27/h4-6,10-13,21,25-26H,7-9,14-20,22,24H2,1-3H3,(H2,44,45,46)/t26-,37?/m1/s1. The topological polar surface area (TPSA) is 129 Å². The maximum atomic E-state index is 15.7. The predicted molar refractivity (Wildman–Crippen MR) is 192 cm³/mol. The third kappa shape index (κ3) is 8.55. The summed E-state index contributed by atoms with van der Waals surface area (Å²) in [6.07, 6.45) is 0.0409. The molecule has 282 valence electrons. The van der Waals surface area contributed by atoms with Crippen LogP contribution in [-0.2, 0) is 4.79 Å². The first kappa shape index (κ1) is 37.9. The fourth-order valence-corrected chi connectivity index (χ4v) is 7.51. The summed E-state index contributed by atoms with van der Waals surface area (Å²) >= 11 is 0. The van der Waals surface area contributed by atoms with E-state index in [9.17, 15) is 23.2 Å². The molecule has 4 aromatic rings. The Kier molecular flexibility index (Phi) is 10.9. The number of piperazine rings is 1. The number of benzene rings is 2. The van der Waals surface area contributed by atoms with Crippen molar-refractivity contribution in [1.82, 2.24) is 34.4 Å². The molecule has 0 aliphatic carbocycles. The molecule has 1 amide bonds. The summed E-state index contributed by atoms with van der Waals surface area (Å²) in [4.78, 5) is 28.0. The molecule has 15 heteroatoms. The molecular formula is C38H45F4N9O2. The fourth-order valence-electron chi connectivity index (χ4n) is 7.51. The van der Waals surface area contributed by atoms with Crippen molar-refractivity contribution in [3.05, 3.63) is 60.7 Å². The van der Waals surface area contributed by atoms with Gasteiger partial charge in [-0.05, 0) is 77.1 Å². The zero-order valence-corrected chi connectivity index (χ0v) is 30.2. The van der Waals surface area contributed by atoms with E-state index in [-0.39, 0.29) is 41.1 Å². The monoisotopic (exact) mass is 735 g/mol. The van der Waals surface area contributed by atoms with Gasteiger partial charge in [0, 0.05) is 56.4 Å². The highest BCUT2D eigenvalue weighted by Gasteiger charge is 2.41. The van der Waals surface area contributed by atoms with Crippen LogP contribution in [0.5, 0.6) is 11.5 Å². The van der Waals surface area contributed by atoms with E-state index in [1.807, 2.05) is 18.2 Å². The number of nitrogen functional groups attached to an aromatic ring is 1. The lowest BCUT2D eigenvalue weighted by Gasteiger charge is -2.44. The van der Waals surface area contributed by atoms with E-state index >= 15 is 4.39 Å². The number of hydrogen-bond donors (Lipinski definition) is 1. The van der Waals surface area contributed by atoms with Gasteiger partial charge in [0.05, 0.1) is 24.0 Å². The minimum absolute atomic E-state index is 0.146. The zero-order chi connectivity index (χ0) is 38.0. The first-order valence-corrected chi connectivity index (χ1v) is 17.9. The average Bonchev–Trinajstić information content (AvgIpc) is 3.52. The smallest absolute Gasteiger partial charge is 0.401 e. The minimum Gasteiger partial charge on any atom is -0.457 e. The van der Waals surface area contributed by atoms with Crippen LogP contribution in [0.3, 0.4) is 0 Å². The number of alkyl halides is 3. The van der Waals surface area contributed by atoms with Crippen molar-refractivity contribution in [2.75, 3.05) is 51.5 Å². The number of nitriles is 1. The van der Waals surface area contributed by atoms with Crippen molar-refractivity contribution in [2.45, 2.75) is 70.6 Å². The lowest BCUT2D eigenvalue weighted by Crippen LogP contribution is -2.55. The summed E-state index contributed by atoms with van der Waals surface area (Å²) in [5.74, 6) is 0.199. The highest BCUT2D eigenvalue weighted by Crippen LogP contribution is 2.38. The second-order valence-electron chi connectivity index (χ2n) is 14.8. The molecule has 0 bridgehead atoms. The maximum absolute atomic E-state index is 15.7. The van der Waals surface area contributed by atoms with E-state index in [0.717, 1.165) is 0 Å². The van der Waals surface area contributed by atoms with Crippen LogP contribution in [0.25, 0.3) is 22.3 Å². The Morgan fingerprint density at radius 2 is 1.74 bits per heavy atom. The molecule has 2 fully saturated rings. The van der Waals surface area contributed by atoms with Crippen LogP contribution in [0, 0.1) is 22.6 Å². The van der Waals surface area contributed by atoms with Gasteiger partial charge in [0.1, 0.15) is 40.6 Å². The van der Waals surface area contributed by atoms with Crippen molar-refractivity contribution in [2.24, 2.45) is 5.41 Å². The number of aromatic nitrogens is 4. The number of rotatable bonds is 11. The number of nitrogens with two attached hydrogens (primary N) is 1. The highest BCUT2D eigenvalue weighted by molar-refractivity contribution is 5.98. The van der Waals surface area contributed by atoms with Gasteiger partial charge in [-0.1, -0.05) is 18.2 Å². The van der Waals surface area contributed by atoms with Crippen molar-refractivity contribution in [3.8, 4) is 28.8 Å². The molecule has 2 aliphatic heterocycles. The van der Waals surface area contributed by atoms with Gasteiger partial charge in [0.25, 0.3) is 0 Å². The number of carbonyl (C=O) groups excluding carboxylic acids is 1. The number of nitrogens with zero attached hydrogens (tertiary/aromatic N) is 8. The molecule has 1 unspecified atom stereocenters. The van der Waals surface area contributed by atoms with Crippen molar-refractivity contribution in [3.63, 3.8) is 0 Å². The minimum atomic E-state index is -4.22. The van der Waals surface area contributed by atoms with E-state index in [4.69, 9.17) is 15.6 Å². The normalized spacial score (nSPS) is 18.8. The number of hydrogen-bond acceptors (Lipinski definition) is 9. The van der Waals surface area contributed by atoms with E-state index < -0.39 is 24.0 Å². The Balaban J connectivity index is 1.14. The van der Waals surface area contributed by atoms with Gasteiger partial charge in [-0.15, -0.1) is 0 Å². The fraction of sp³-hybridized carbons (Fsp3) is 0.500. The Hall–Kier alpha value is -4.81. The summed E-state index contributed by atoms with van der Waals surface area (Å²) in [5.41, 5.74) is 5.63. The van der Waals surface area contributed by atoms with Crippen LogP contribution in [0.4, 0.5) is 23.4 Å². The number of fused-ring (bicyclic) bond motifs is 1. The largest absolute Gasteiger partial charge is 0.457 e. The Labute approximate surface area is 306 Å². The molecule has 0 saturated carbocycles. The first-order valence-electron chi connectivity index (χ1n) is 17.9. The number of halogens is 4. The molecule has 0 radical (unpaired) electrons. The third-order valence-electron chi connectivity index (χ3n) is 10.5. The summed E-state index contributed by atoms with van der Waals surface area (Å²) in [5, 5.41) is 15.5. The highest BCUT2D eigenvalue weighted by atomic mass is 19.4. The lowest BCUT2D eigenvalue weighted by molar-refractivity contribution is -0.151. The molecule has 4 heterocycles. The lowest BCUT2D eigenvalue weighted by atomic mass is 9.82. The SMILES string of the molecule is CC(C#N)(CCCC(C)(C)N1CCN(CC(F)(F)F)CC1)C(=O)N1CCC[C@@H](n2nc(-c3ccc(Oc4ccccc4)cc3F)c3c(N)ncnc32)C1.